The molecule has 6 heteroatoms. The lowest BCUT2D eigenvalue weighted by molar-refractivity contribution is -0.119. The molecule has 0 heterocycles. The fourth-order valence-electron chi connectivity index (χ4n) is 2.11. The maximum atomic E-state index is 12.6. The Morgan fingerprint density at radius 1 is 1.24 bits per heavy atom. The Balaban J connectivity index is 2.98. The van der Waals surface area contributed by atoms with Crippen LogP contribution in [0.3, 0.4) is 0 Å². The summed E-state index contributed by atoms with van der Waals surface area (Å²) in [5.41, 5.74) is 5.66. The van der Waals surface area contributed by atoms with Crippen molar-refractivity contribution in [3.63, 3.8) is 0 Å². The van der Waals surface area contributed by atoms with Gasteiger partial charge in [-0.25, -0.2) is 0 Å². The summed E-state index contributed by atoms with van der Waals surface area (Å²) in [6, 6.07) is 4.26. The fourth-order valence-corrected chi connectivity index (χ4v) is 2.61. The molecular weight excluding hydrogens is 311 g/mol. The average Bonchev–Trinajstić information content (AvgIpc) is 2.35. The molecule has 1 rings (SSSR count). The van der Waals surface area contributed by atoms with Gasteiger partial charge >= 0.3 is 0 Å². The number of ketones is 1. The molecule has 21 heavy (non-hydrogen) atoms. The van der Waals surface area contributed by atoms with Gasteiger partial charge in [0.05, 0.1) is 17.6 Å². The molecule has 2 N–H and O–H groups in total. The van der Waals surface area contributed by atoms with Crippen LogP contribution >= 0.6 is 23.2 Å². The summed E-state index contributed by atoms with van der Waals surface area (Å²) in [4.78, 5) is 25.5. The minimum Gasteiger partial charge on any atom is -0.369 e. The van der Waals surface area contributed by atoms with Crippen LogP contribution in [0.25, 0.3) is 0 Å². The molecule has 0 aliphatic heterocycles. The predicted molar refractivity (Wildman–Crippen MR) is 85.9 cm³/mol. The average molecular weight is 331 g/mol. The summed E-state index contributed by atoms with van der Waals surface area (Å²) in [6.45, 7) is 6.41. The molecular formula is C15H20Cl2N2O2. The summed E-state index contributed by atoms with van der Waals surface area (Å²) in [7, 11) is 0. The van der Waals surface area contributed by atoms with Gasteiger partial charge < -0.3 is 5.73 Å². The number of nitrogens with zero attached hydrogens (tertiary/aromatic N) is 1. The van der Waals surface area contributed by atoms with Crippen molar-refractivity contribution in [1.82, 2.24) is 4.90 Å². The molecule has 1 atom stereocenters. The van der Waals surface area contributed by atoms with Crippen molar-refractivity contribution >= 4 is 34.9 Å². The minimum atomic E-state index is -0.487. The molecule has 0 radical (unpaired) electrons. The predicted octanol–water partition coefficient (Wildman–Crippen LogP) is 3.01. The number of carbonyl (C=O) groups excluding carboxylic acids is 2. The molecule has 4 nitrogen and oxygen atoms in total. The van der Waals surface area contributed by atoms with Crippen molar-refractivity contribution in [2.45, 2.75) is 26.8 Å². The van der Waals surface area contributed by atoms with E-state index in [1.165, 1.54) is 6.07 Å². The zero-order chi connectivity index (χ0) is 16.2. The Hall–Kier alpha value is -1.10. The van der Waals surface area contributed by atoms with Crippen LogP contribution in [0.1, 0.15) is 31.1 Å². The second-order valence-electron chi connectivity index (χ2n) is 5.45. The van der Waals surface area contributed by atoms with E-state index < -0.39 is 11.9 Å². The first-order valence-corrected chi connectivity index (χ1v) is 7.49. The molecule has 1 aromatic rings. The molecule has 0 saturated heterocycles. The van der Waals surface area contributed by atoms with Crippen molar-refractivity contribution in [3.8, 4) is 0 Å². The maximum absolute atomic E-state index is 12.6. The van der Waals surface area contributed by atoms with Gasteiger partial charge in [-0.3, -0.25) is 14.5 Å². The summed E-state index contributed by atoms with van der Waals surface area (Å²) in [5, 5.41) is 0.781. The van der Waals surface area contributed by atoms with Crippen LogP contribution < -0.4 is 5.73 Å². The number of hydrogen-bond donors (Lipinski definition) is 1. The third kappa shape index (κ3) is 5.30. The lowest BCUT2D eigenvalue weighted by atomic mass is 10.0. The van der Waals surface area contributed by atoms with Crippen LogP contribution in [-0.4, -0.2) is 35.7 Å². The standard InChI is InChI=1S/C15H20Cl2N2O2/c1-9(2)7-19(8-14(18)20)10(3)15(21)12-5-4-11(16)6-13(12)17/h4-6,9-10H,7-8H2,1-3H3,(H2,18,20). The second-order valence-corrected chi connectivity index (χ2v) is 6.30. The number of benzene rings is 1. The number of Topliss-reactive ketones (excluding diaryl/α,β-unsaturated/α-hetero) is 1. The van der Waals surface area contributed by atoms with E-state index in [2.05, 4.69) is 0 Å². The highest BCUT2D eigenvalue weighted by molar-refractivity contribution is 6.37. The summed E-state index contributed by atoms with van der Waals surface area (Å²) in [5.74, 6) is -0.309. The highest BCUT2D eigenvalue weighted by Gasteiger charge is 2.25. The third-order valence-electron chi connectivity index (χ3n) is 3.08. The minimum absolute atomic E-state index is 0.0380. The van der Waals surface area contributed by atoms with Crippen molar-refractivity contribution in [2.24, 2.45) is 11.7 Å². The number of carbonyl (C=O) groups is 2. The van der Waals surface area contributed by atoms with Crippen LogP contribution in [0.5, 0.6) is 0 Å². The molecule has 0 saturated carbocycles. The third-order valence-corrected chi connectivity index (χ3v) is 3.63. The summed E-state index contributed by atoms with van der Waals surface area (Å²) in [6.07, 6.45) is 0. The second kappa shape index (κ2) is 7.78. The highest BCUT2D eigenvalue weighted by Crippen LogP contribution is 2.23. The van der Waals surface area contributed by atoms with Crippen molar-refractivity contribution < 1.29 is 9.59 Å². The van der Waals surface area contributed by atoms with E-state index in [-0.39, 0.29) is 12.3 Å². The zero-order valence-corrected chi connectivity index (χ0v) is 13.9. The van der Waals surface area contributed by atoms with Crippen molar-refractivity contribution in [2.75, 3.05) is 13.1 Å². The van der Waals surface area contributed by atoms with E-state index >= 15 is 0 Å². The number of rotatable bonds is 7. The first-order valence-electron chi connectivity index (χ1n) is 6.74. The SMILES string of the molecule is CC(C)CN(CC(N)=O)C(C)C(=O)c1ccc(Cl)cc1Cl. The van der Waals surface area contributed by atoms with Crippen LogP contribution in [0.15, 0.2) is 18.2 Å². The number of hydrogen-bond acceptors (Lipinski definition) is 3. The maximum Gasteiger partial charge on any atom is 0.231 e. The largest absolute Gasteiger partial charge is 0.369 e. The summed E-state index contributed by atoms with van der Waals surface area (Å²) < 4.78 is 0. The molecule has 0 aromatic heterocycles. The molecule has 1 unspecified atom stereocenters. The first kappa shape index (κ1) is 18.0. The van der Waals surface area contributed by atoms with E-state index in [4.69, 9.17) is 28.9 Å². The zero-order valence-electron chi connectivity index (χ0n) is 12.4. The van der Waals surface area contributed by atoms with Gasteiger partial charge in [0.25, 0.3) is 0 Å². The monoisotopic (exact) mass is 330 g/mol. The molecule has 0 spiro atoms. The Morgan fingerprint density at radius 2 is 1.86 bits per heavy atom. The van der Waals surface area contributed by atoms with E-state index in [9.17, 15) is 9.59 Å². The Bertz CT molecular complexity index is 532. The van der Waals surface area contributed by atoms with Gasteiger partial charge in [-0.1, -0.05) is 37.0 Å². The van der Waals surface area contributed by atoms with Crippen LogP contribution in [0.2, 0.25) is 10.0 Å². The number of halogens is 2. The topological polar surface area (TPSA) is 63.4 Å². The number of nitrogens with two attached hydrogens (primary N) is 1. The Morgan fingerprint density at radius 3 is 2.33 bits per heavy atom. The molecule has 0 fully saturated rings. The van der Waals surface area contributed by atoms with Gasteiger partial charge in [0.15, 0.2) is 5.78 Å². The van der Waals surface area contributed by atoms with E-state index in [1.54, 1.807) is 24.0 Å². The number of amides is 1. The summed E-state index contributed by atoms with van der Waals surface area (Å²) >= 11 is 11.9. The fraction of sp³-hybridized carbons (Fsp3) is 0.467. The van der Waals surface area contributed by atoms with Crippen molar-refractivity contribution in [3.05, 3.63) is 33.8 Å². The Kier molecular flexibility index (Phi) is 6.65. The van der Waals surface area contributed by atoms with Crippen LogP contribution in [0, 0.1) is 5.92 Å². The van der Waals surface area contributed by atoms with Gasteiger partial charge in [0, 0.05) is 17.1 Å². The van der Waals surface area contributed by atoms with Gasteiger partial charge in [-0.2, -0.15) is 0 Å². The highest BCUT2D eigenvalue weighted by atomic mass is 35.5. The lowest BCUT2D eigenvalue weighted by Gasteiger charge is -2.28. The molecule has 116 valence electrons. The van der Waals surface area contributed by atoms with Crippen LogP contribution in [-0.2, 0) is 4.79 Å². The lowest BCUT2D eigenvalue weighted by Crippen LogP contribution is -2.45. The van der Waals surface area contributed by atoms with Gasteiger partial charge in [-0.15, -0.1) is 0 Å². The number of primary amides is 1. The smallest absolute Gasteiger partial charge is 0.231 e. The quantitative estimate of drug-likeness (QED) is 0.781. The van der Waals surface area contributed by atoms with Crippen molar-refractivity contribution in [1.29, 1.82) is 0 Å². The van der Waals surface area contributed by atoms with Crippen LogP contribution in [0.4, 0.5) is 0 Å². The molecule has 0 aliphatic rings. The molecule has 0 aliphatic carbocycles. The van der Waals surface area contributed by atoms with E-state index in [1.807, 2.05) is 13.8 Å². The normalized spacial score (nSPS) is 12.7. The van der Waals surface area contributed by atoms with E-state index in [0.29, 0.717) is 28.1 Å². The molecule has 0 bridgehead atoms. The van der Waals surface area contributed by atoms with Gasteiger partial charge in [-0.05, 0) is 31.0 Å². The Labute approximate surface area is 135 Å². The first-order chi connectivity index (χ1) is 9.72. The molecule has 1 aromatic carbocycles. The van der Waals surface area contributed by atoms with Gasteiger partial charge in [0.1, 0.15) is 0 Å². The molecule has 1 amide bonds. The van der Waals surface area contributed by atoms with Gasteiger partial charge in [0.2, 0.25) is 5.91 Å². The van der Waals surface area contributed by atoms with E-state index in [0.717, 1.165) is 0 Å².